The number of aliphatic hydroxyl groups excluding tert-OH is 2. The van der Waals surface area contributed by atoms with Crippen LogP contribution in [0.4, 0.5) is 0 Å². The summed E-state index contributed by atoms with van der Waals surface area (Å²) < 4.78 is 5.48. The fourth-order valence-corrected chi connectivity index (χ4v) is 10.7. The van der Waals surface area contributed by atoms with E-state index in [1.807, 2.05) is 6.08 Å². The molecule has 2 unspecified atom stereocenters. The molecule has 0 bridgehead atoms. The van der Waals surface area contributed by atoms with Gasteiger partial charge in [-0.3, -0.25) is 9.59 Å². The van der Waals surface area contributed by atoms with Crippen molar-refractivity contribution in [1.82, 2.24) is 5.32 Å². The van der Waals surface area contributed by atoms with Gasteiger partial charge in [-0.2, -0.15) is 0 Å². The standard InChI is InChI=1S/C70H133NO5/c1-3-5-7-9-11-13-15-17-35-38-42-46-50-54-58-62-68(73)67(66-72)71-69(74)63-59-55-51-47-43-39-36-33-31-29-27-25-23-21-19-20-22-24-26-28-30-32-34-37-41-45-49-53-57-61-65-76-70(75)64-60-56-52-48-44-40-18-16-14-12-10-8-6-4-2/h10,12,16,18,58,62,67-68,72-73H,3-9,11,13-15,17,19-57,59-61,63-66H2,1-2H3,(H,71,74)/b12-10-,18-16-,62-58+. The molecule has 0 radical (unpaired) electrons. The van der Waals surface area contributed by atoms with Crippen LogP contribution in [0.2, 0.25) is 0 Å². The predicted octanol–water partition coefficient (Wildman–Crippen LogP) is 21.9. The maximum absolute atomic E-state index is 12.5. The largest absolute Gasteiger partial charge is 0.466 e. The van der Waals surface area contributed by atoms with Crippen molar-refractivity contribution < 1.29 is 24.5 Å². The van der Waals surface area contributed by atoms with Crippen LogP contribution < -0.4 is 5.32 Å². The van der Waals surface area contributed by atoms with Gasteiger partial charge in [0, 0.05) is 12.8 Å². The molecule has 2 atom stereocenters. The molecule has 0 aromatic heterocycles. The highest BCUT2D eigenvalue weighted by atomic mass is 16.5. The molecule has 0 aromatic rings. The van der Waals surface area contributed by atoms with Crippen LogP contribution in [0, 0.1) is 0 Å². The van der Waals surface area contributed by atoms with E-state index in [9.17, 15) is 19.8 Å². The lowest BCUT2D eigenvalue weighted by Gasteiger charge is -2.20. The van der Waals surface area contributed by atoms with Crippen LogP contribution in [0.1, 0.15) is 373 Å². The van der Waals surface area contributed by atoms with Crippen LogP contribution in [-0.4, -0.2) is 47.4 Å². The molecule has 76 heavy (non-hydrogen) atoms. The molecule has 0 aliphatic rings. The number of aliphatic hydroxyl groups is 2. The Morgan fingerprint density at radius 1 is 0.368 bits per heavy atom. The van der Waals surface area contributed by atoms with Crippen molar-refractivity contribution in [3.8, 4) is 0 Å². The second-order valence-electron chi connectivity index (χ2n) is 23.5. The van der Waals surface area contributed by atoms with Crippen LogP contribution in [0.25, 0.3) is 0 Å². The van der Waals surface area contributed by atoms with Crippen LogP contribution in [0.15, 0.2) is 36.5 Å². The average molecular weight is 1070 g/mol. The summed E-state index contributed by atoms with van der Waals surface area (Å²) in [6.45, 7) is 4.88. The first kappa shape index (κ1) is 74.1. The maximum Gasteiger partial charge on any atom is 0.305 e. The van der Waals surface area contributed by atoms with Crippen molar-refractivity contribution in [2.75, 3.05) is 13.2 Å². The molecule has 0 fully saturated rings. The summed E-state index contributed by atoms with van der Waals surface area (Å²) >= 11 is 0. The Bertz CT molecular complexity index is 1230. The summed E-state index contributed by atoms with van der Waals surface area (Å²) in [5, 5.41) is 23.2. The number of rotatable bonds is 64. The van der Waals surface area contributed by atoms with Crippen molar-refractivity contribution in [2.24, 2.45) is 0 Å². The number of nitrogens with one attached hydrogen (secondary N) is 1. The number of amides is 1. The Morgan fingerprint density at radius 3 is 1.04 bits per heavy atom. The summed E-state index contributed by atoms with van der Waals surface area (Å²) in [4.78, 5) is 24.5. The first-order valence-corrected chi connectivity index (χ1v) is 34.3. The molecule has 0 aromatic carbocycles. The fourth-order valence-electron chi connectivity index (χ4n) is 10.7. The van der Waals surface area contributed by atoms with E-state index in [0.717, 1.165) is 51.4 Å². The Kier molecular flexibility index (Phi) is 63.9. The molecule has 0 aliphatic heterocycles. The van der Waals surface area contributed by atoms with E-state index in [0.29, 0.717) is 19.4 Å². The topological polar surface area (TPSA) is 95.9 Å². The second kappa shape index (κ2) is 65.6. The molecular weight excluding hydrogens is 935 g/mol. The van der Waals surface area contributed by atoms with Crippen molar-refractivity contribution in [2.45, 2.75) is 386 Å². The van der Waals surface area contributed by atoms with Crippen molar-refractivity contribution in [3.05, 3.63) is 36.5 Å². The number of ether oxygens (including phenoxy) is 1. The average Bonchev–Trinajstić information content (AvgIpc) is 3.42. The molecule has 0 aliphatic carbocycles. The van der Waals surface area contributed by atoms with Gasteiger partial charge in [0.15, 0.2) is 0 Å². The fraction of sp³-hybridized carbons (Fsp3) is 0.886. The number of unbranched alkanes of at least 4 members (excludes halogenated alkanes) is 49. The normalized spacial score (nSPS) is 12.7. The van der Waals surface area contributed by atoms with Crippen molar-refractivity contribution in [3.63, 3.8) is 0 Å². The van der Waals surface area contributed by atoms with Crippen LogP contribution in [-0.2, 0) is 14.3 Å². The third-order valence-corrected chi connectivity index (χ3v) is 15.9. The van der Waals surface area contributed by atoms with E-state index in [4.69, 9.17) is 4.74 Å². The number of allylic oxidation sites excluding steroid dienone is 5. The van der Waals surface area contributed by atoms with Gasteiger partial charge >= 0.3 is 5.97 Å². The third kappa shape index (κ3) is 61.3. The van der Waals surface area contributed by atoms with Gasteiger partial charge < -0.3 is 20.3 Å². The zero-order valence-corrected chi connectivity index (χ0v) is 51.3. The second-order valence-corrected chi connectivity index (χ2v) is 23.5. The van der Waals surface area contributed by atoms with Gasteiger partial charge in [0.05, 0.1) is 25.4 Å². The quantitative estimate of drug-likeness (QED) is 0.0320. The Morgan fingerprint density at radius 2 is 0.671 bits per heavy atom. The smallest absolute Gasteiger partial charge is 0.305 e. The first-order chi connectivity index (χ1) is 37.5. The molecule has 1 amide bonds. The van der Waals surface area contributed by atoms with Gasteiger partial charge in [-0.1, -0.05) is 339 Å². The summed E-state index contributed by atoms with van der Waals surface area (Å²) in [7, 11) is 0. The number of carbonyl (C=O) groups is 2. The van der Waals surface area contributed by atoms with Gasteiger partial charge in [0.2, 0.25) is 5.91 Å². The van der Waals surface area contributed by atoms with E-state index >= 15 is 0 Å². The van der Waals surface area contributed by atoms with Crippen LogP contribution in [0.3, 0.4) is 0 Å². The van der Waals surface area contributed by atoms with E-state index in [-0.39, 0.29) is 18.5 Å². The van der Waals surface area contributed by atoms with E-state index in [1.54, 1.807) is 6.08 Å². The first-order valence-electron chi connectivity index (χ1n) is 34.3. The van der Waals surface area contributed by atoms with Crippen LogP contribution >= 0.6 is 0 Å². The summed E-state index contributed by atoms with van der Waals surface area (Å²) in [5.74, 6) is -0.0569. The molecule has 0 saturated heterocycles. The molecule has 3 N–H and O–H groups in total. The number of hydrogen-bond acceptors (Lipinski definition) is 5. The lowest BCUT2D eigenvalue weighted by molar-refractivity contribution is -0.143. The van der Waals surface area contributed by atoms with E-state index < -0.39 is 12.1 Å². The number of carbonyl (C=O) groups excluding carboxylic acids is 2. The predicted molar refractivity (Wildman–Crippen MR) is 333 cm³/mol. The van der Waals surface area contributed by atoms with Crippen molar-refractivity contribution in [1.29, 1.82) is 0 Å². The monoisotopic (exact) mass is 1070 g/mol. The van der Waals surface area contributed by atoms with Gasteiger partial charge in [0.25, 0.3) is 0 Å². The molecule has 0 heterocycles. The lowest BCUT2D eigenvalue weighted by atomic mass is 10.0. The van der Waals surface area contributed by atoms with Gasteiger partial charge in [-0.15, -0.1) is 0 Å². The molecule has 6 heteroatoms. The van der Waals surface area contributed by atoms with E-state index in [2.05, 4.69) is 43.5 Å². The number of hydrogen-bond donors (Lipinski definition) is 3. The highest BCUT2D eigenvalue weighted by Gasteiger charge is 2.18. The minimum Gasteiger partial charge on any atom is -0.466 e. The molecule has 6 nitrogen and oxygen atoms in total. The van der Waals surface area contributed by atoms with Gasteiger partial charge in [0.1, 0.15) is 0 Å². The SMILES string of the molecule is CCCC/C=C\C/C=C\CCCCCCCC(=O)OCCCCCCCCCCCCCCCCCCCCCCCCCCCCCCCCC(=O)NC(CO)C(O)/C=C/CCCCCCCCCCCCCCC. The molecule has 0 spiro atoms. The van der Waals surface area contributed by atoms with Crippen LogP contribution in [0.5, 0.6) is 0 Å². The molecule has 0 rings (SSSR count). The van der Waals surface area contributed by atoms with Gasteiger partial charge in [-0.25, -0.2) is 0 Å². The molecular formula is C70H133NO5. The highest BCUT2D eigenvalue weighted by molar-refractivity contribution is 5.76. The van der Waals surface area contributed by atoms with Gasteiger partial charge in [-0.05, 0) is 57.8 Å². The third-order valence-electron chi connectivity index (χ3n) is 15.9. The molecule has 448 valence electrons. The Balaban J connectivity index is 3.35. The van der Waals surface area contributed by atoms with Crippen molar-refractivity contribution >= 4 is 11.9 Å². The minimum atomic E-state index is -0.841. The zero-order chi connectivity index (χ0) is 55.0. The zero-order valence-electron chi connectivity index (χ0n) is 51.3. The molecule has 0 saturated carbocycles. The Labute approximate surface area is 474 Å². The minimum absolute atomic E-state index is 0.00528. The highest BCUT2D eigenvalue weighted by Crippen LogP contribution is 2.18. The summed E-state index contributed by atoms with van der Waals surface area (Å²) in [6, 6.07) is -0.625. The lowest BCUT2D eigenvalue weighted by Crippen LogP contribution is -2.45. The summed E-state index contributed by atoms with van der Waals surface area (Å²) in [5.41, 5.74) is 0. The van der Waals surface area contributed by atoms with E-state index in [1.165, 1.54) is 295 Å². The maximum atomic E-state index is 12.5. The summed E-state index contributed by atoms with van der Waals surface area (Å²) in [6.07, 6.45) is 83.6. The number of esters is 1. The Hall–Kier alpha value is -1.92.